The predicted octanol–water partition coefficient (Wildman–Crippen LogP) is 3.44. The summed E-state index contributed by atoms with van der Waals surface area (Å²) in [4.78, 5) is 6.52. The molecule has 0 aromatic carbocycles. The number of aryl methyl sites for hydroxylation is 1. The van der Waals surface area contributed by atoms with Crippen molar-refractivity contribution in [2.75, 3.05) is 7.05 Å². The third kappa shape index (κ3) is 3.28. The Kier molecular flexibility index (Phi) is 4.15. The van der Waals surface area contributed by atoms with Crippen molar-refractivity contribution in [2.24, 2.45) is 5.92 Å². The first-order chi connectivity index (χ1) is 8.16. The molecule has 1 heterocycles. The van der Waals surface area contributed by atoms with Crippen molar-refractivity contribution < 1.29 is 0 Å². The summed E-state index contributed by atoms with van der Waals surface area (Å²) >= 11 is 1.69. The van der Waals surface area contributed by atoms with Crippen LogP contribution in [0.2, 0.25) is 0 Å². The standard InChI is InChI=1S/C13H21N3S/c1-10-15-12(9-17-10)8-16(2)13(14)11-6-4-3-5-7-11/h9,11,14H,3-8H2,1-2H3. The first kappa shape index (κ1) is 12.6. The molecule has 0 unspecified atom stereocenters. The van der Waals surface area contributed by atoms with E-state index in [1.165, 1.54) is 32.1 Å². The van der Waals surface area contributed by atoms with Gasteiger partial charge in [0.1, 0.15) is 0 Å². The Balaban J connectivity index is 1.90. The number of nitrogens with one attached hydrogen (secondary N) is 1. The quantitative estimate of drug-likeness (QED) is 0.660. The summed E-state index contributed by atoms with van der Waals surface area (Å²) in [7, 11) is 2.02. The van der Waals surface area contributed by atoms with E-state index >= 15 is 0 Å². The van der Waals surface area contributed by atoms with Crippen molar-refractivity contribution in [2.45, 2.75) is 45.6 Å². The van der Waals surface area contributed by atoms with Crippen LogP contribution in [0.4, 0.5) is 0 Å². The van der Waals surface area contributed by atoms with Crippen LogP contribution in [0.5, 0.6) is 0 Å². The van der Waals surface area contributed by atoms with Gasteiger partial charge in [0, 0.05) is 18.3 Å². The lowest BCUT2D eigenvalue weighted by atomic mass is 9.88. The number of hydrogen-bond acceptors (Lipinski definition) is 3. The lowest BCUT2D eigenvalue weighted by Gasteiger charge is -2.28. The van der Waals surface area contributed by atoms with E-state index in [0.717, 1.165) is 23.1 Å². The maximum atomic E-state index is 8.25. The summed E-state index contributed by atoms with van der Waals surface area (Å²) in [6.07, 6.45) is 6.31. The molecule has 1 N–H and O–H groups in total. The minimum atomic E-state index is 0.480. The smallest absolute Gasteiger partial charge is 0.0990 e. The summed E-state index contributed by atoms with van der Waals surface area (Å²) < 4.78 is 0. The van der Waals surface area contributed by atoms with Crippen molar-refractivity contribution in [3.8, 4) is 0 Å². The normalized spacial score (nSPS) is 17.1. The molecule has 0 aliphatic heterocycles. The molecule has 2 rings (SSSR count). The zero-order valence-electron chi connectivity index (χ0n) is 10.7. The Bertz CT molecular complexity index is 380. The number of thiazole rings is 1. The van der Waals surface area contributed by atoms with E-state index in [9.17, 15) is 0 Å². The zero-order valence-corrected chi connectivity index (χ0v) is 11.5. The minimum absolute atomic E-state index is 0.480. The summed E-state index contributed by atoms with van der Waals surface area (Å²) in [5.74, 6) is 1.28. The molecule has 1 aromatic heterocycles. The number of rotatable bonds is 3. The van der Waals surface area contributed by atoms with E-state index in [-0.39, 0.29) is 0 Å². The SMILES string of the molecule is Cc1nc(CN(C)C(=N)C2CCCCC2)cs1. The van der Waals surface area contributed by atoms with Gasteiger partial charge in [0.15, 0.2) is 0 Å². The lowest BCUT2D eigenvalue weighted by molar-refractivity contribution is 0.381. The third-order valence-corrected chi connectivity index (χ3v) is 4.29. The molecule has 0 amide bonds. The molecule has 3 nitrogen and oxygen atoms in total. The molecule has 0 radical (unpaired) electrons. The van der Waals surface area contributed by atoms with E-state index in [4.69, 9.17) is 5.41 Å². The lowest BCUT2D eigenvalue weighted by Crippen LogP contribution is -2.33. The molecular formula is C13H21N3S. The molecule has 0 spiro atoms. The average molecular weight is 251 g/mol. The average Bonchev–Trinajstić information content (AvgIpc) is 2.75. The van der Waals surface area contributed by atoms with Crippen molar-refractivity contribution in [3.05, 3.63) is 16.1 Å². The topological polar surface area (TPSA) is 40.0 Å². The second kappa shape index (κ2) is 5.63. The fraction of sp³-hybridized carbons (Fsp3) is 0.692. The Hall–Kier alpha value is -0.900. The third-order valence-electron chi connectivity index (χ3n) is 3.47. The van der Waals surface area contributed by atoms with Gasteiger partial charge in [-0.1, -0.05) is 19.3 Å². The Morgan fingerprint density at radius 2 is 2.18 bits per heavy atom. The van der Waals surface area contributed by atoms with Crippen LogP contribution in [0, 0.1) is 18.3 Å². The first-order valence-corrected chi connectivity index (χ1v) is 7.25. The highest BCUT2D eigenvalue weighted by molar-refractivity contribution is 7.09. The van der Waals surface area contributed by atoms with Gasteiger partial charge in [-0.3, -0.25) is 5.41 Å². The Labute approximate surface area is 107 Å². The second-order valence-corrected chi connectivity index (χ2v) is 6.00. The minimum Gasteiger partial charge on any atom is -0.357 e. The second-order valence-electron chi connectivity index (χ2n) is 4.93. The maximum Gasteiger partial charge on any atom is 0.0990 e. The highest BCUT2D eigenvalue weighted by atomic mass is 32.1. The van der Waals surface area contributed by atoms with Crippen LogP contribution in [0.1, 0.15) is 42.8 Å². The molecule has 1 fully saturated rings. The van der Waals surface area contributed by atoms with Gasteiger partial charge in [0.25, 0.3) is 0 Å². The van der Waals surface area contributed by atoms with Gasteiger partial charge in [0.2, 0.25) is 0 Å². The van der Waals surface area contributed by atoms with E-state index in [0.29, 0.717) is 5.92 Å². The molecule has 17 heavy (non-hydrogen) atoms. The maximum absolute atomic E-state index is 8.25. The molecule has 4 heteroatoms. The van der Waals surface area contributed by atoms with Crippen molar-refractivity contribution >= 4 is 17.2 Å². The highest BCUT2D eigenvalue weighted by Crippen LogP contribution is 2.25. The van der Waals surface area contributed by atoms with Gasteiger partial charge in [-0.25, -0.2) is 4.98 Å². The fourth-order valence-electron chi connectivity index (χ4n) is 2.50. The van der Waals surface area contributed by atoms with Gasteiger partial charge >= 0.3 is 0 Å². The molecule has 94 valence electrons. The van der Waals surface area contributed by atoms with Crippen LogP contribution in [-0.2, 0) is 6.54 Å². The largest absolute Gasteiger partial charge is 0.357 e. The van der Waals surface area contributed by atoms with Crippen molar-refractivity contribution in [1.82, 2.24) is 9.88 Å². The van der Waals surface area contributed by atoms with Crippen LogP contribution in [0.3, 0.4) is 0 Å². The van der Waals surface area contributed by atoms with Crippen molar-refractivity contribution in [1.29, 1.82) is 5.41 Å². The van der Waals surface area contributed by atoms with Crippen LogP contribution in [0.25, 0.3) is 0 Å². The molecule has 1 aromatic rings. The van der Waals surface area contributed by atoms with Crippen LogP contribution in [-0.4, -0.2) is 22.8 Å². The van der Waals surface area contributed by atoms with E-state index < -0.39 is 0 Å². The van der Waals surface area contributed by atoms with Crippen molar-refractivity contribution in [3.63, 3.8) is 0 Å². The Morgan fingerprint density at radius 3 is 2.76 bits per heavy atom. The van der Waals surface area contributed by atoms with Gasteiger partial charge < -0.3 is 4.90 Å². The monoisotopic (exact) mass is 251 g/mol. The highest BCUT2D eigenvalue weighted by Gasteiger charge is 2.21. The molecule has 1 saturated carbocycles. The first-order valence-electron chi connectivity index (χ1n) is 6.37. The molecule has 0 atom stereocenters. The molecule has 1 aliphatic rings. The molecule has 1 aliphatic carbocycles. The number of amidine groups is 1. The zero-order chi connectivity index (χ0) is 12.3. The Morgan fingerprint density at radius 1 is 1.47 bits per heavy atom. The number of aromatic nitrogens is 1. The summed E-state index contributed by atoms with van der Waals surface area (Å²) in [5, 5.41) is 11.5. The van der Waals surface area contributed by atoms with Gasteiger partial charge in [-0.05, 0) is 19.8 Å². The molecule has 0 bridgehead atoms. The summed E-state index contributed by atoms with van der Waals surface area (Å²) in [6, 6.07) is 0. The fourth-order valence-corrected chi connectivity index (χ4v) is 3.10. The van der Waals surface area contributed by atoms with Gasteiger partial charge in [-0.15, -0.1) is 11.3 Å². The van der Waals surface area contributed by atoms with E-state index in [1.807, 2.05) is 14.0 Å². The van der Waals surface area contributed by atoms with Gasteiger partial charge in [-0.2, -0.15) is 0 Å². The van der Waals surface area contributed by atoms with Crippen LogP contribution >= 0.6 is 11.3 Å². The number of nitrogens with zero attached hydrogens (tertiary/aromatic N) is 2. The van der Waals surface area contributed by atoms with Crippen LogP contribution < -0.4 is 0 Å². The van der Waals surface area contributed by atoms with E-state index in [2.05, 4.69) is 15.3 Å². The summed E-state index contributed by atoms with van der Waals surface area (Å²) in [5.41, 5.74) is 1.09. The number of hydrogen-bond donors (Lipinski definition) is 1. The predicted molar refractivity (Wildman–Crippen MR) is 72.6 cm³/mol. The van der Waals surface area contributed by atoms with E-state index in [1.54, 1.807) is 11.3 Å². The summed E-state index contributed by atoms with van der Waals surface area (Å²) in [6.45, 7) is 2.81. The van der Waals surface area contributed by atoms with Crippen LogP contribution in [0.15, 0.2) is 5.38 Å². The van der Waals surface area contributed by atoms with Gasteiger partial charge in [0.05, 0.1) is 23.1 Å². The molecular weight excluding hydrogens is 230 g/mol. The molecule has 0 saturated heterocycles.